The largest absolute Gasteiger partial charge is 0.391 e. The molecule has 2 aromatic heterocycles. The molecule has 6 aromatic carbocycles. The monoisotopic (exact) mass is 765 g/mol. The van der Waals surface area contributed by atoms with E-state index in [2.05, 4.69) is 182 Å². The average Bonchev–Trinajstić information content (AvgIpc) is 3.28. The Hall–Kier alpha value is -6.98. The van der Waals surface area contributed by atoms with E-state index in [-0.39, 0.29) is 6.04 Å². The summed E-state index contributed by atoms with van der Waals surface area (Å²) in [6, 6.07) is 42.0. The fraction of sp³-hybridized carbons (Fsp3) is 0.148. The van der Waals surface area contributed by atoms with E-state index in [4.69, 9.17) is 9.97 Å². The molecule has 0 radical (unpaired) electrons. The molecule has 0 saturated carbocycles. The minimum absolute atomic E-state index is 0.112. The summed E-state index contributed by atoms with van der Waals surface area (Å²) in [6.07, 6.45) is 13.5. The molecule has 1 unspecified atom stereocenters. The first kappa shape index (κ1) is 36.4. The first-order valence-corrected chi connectivity index (χ1v) is 20.7. The molecule has 3 N–H and O–H groups in total. The quantitative estimate of drug-likeness (QED) is 0.141. The van der Waals surface area contributed by atoms with Gasteiger partial charge in [-0.2, -0.15) is 0 Å². The Balaban J connectivity index is 1.03. The number of hydrogen-bond acceptors (Lipinski definition) is 5. The smallest absolute Gasteiger partial charge is 0.0943 e. The van der Waals surface area contributed by atoms with Gasteiger partial charge in [0.25, 0.3) is 0 Å². The summed E-state index contributed by atoms with van der Waals surface area (Å²) >= 11 is 0. The summed E-state index contributed by atoms with van der Waals surface area (Å²) in [5, 5.41) is 17.6. The van der Waals surface area contributed by atoms with E-state index in [9.17, 15) is 0 Å². The van der Waals surface area contributed by atoms with Crippen molar-refractivity contribution in [1.29, 1.82) is 0 Å². The van der Waals surface area contributed by atoms with Crippen LogP contribution < -0.4 is 16.0 Å². The summed E-state index contributed by atoms with van der Waals surface area (Å²) in [5.41, 5.74) is 18.2. The zero-order chi connectivity index (χ0) is 40.2. The lowest BCUT2D eigenvalue weighted by atomic mass is 9.86. The Morgan fingerprint density at radius 1 is 0.695 bits per heavy atom. The third-order valence-electron chi connectivity index (χ3n) is 12.4. The van der Waals surface area contributed by atoms with Crippen molar-refractivity contribution < 1.29 is 0 Å². The fourth-order valence-electron chi connectivity index (χ4n) is 9.44. The van der Waals surface area contributed by atoms with Gasteiger partial charge >= 0.3 is 0 Å². The lowest BCUT2D eigenvalue weighted by molar-refractivity contribution is 0.818. The van der Waals surface area contributed by atoms with Crippen LogP contribution in [0.2, 0.25) is 0 Å². The minimum Gasteiger partial charge on any atom is -0.391 e. The standard InChI is InChI=1S/C54H47N5/c1-6-39(40-13-9-10-17-46(40)55-4)47-27-23-37-30-35(21-25-44(37)57-47)36-22-26-45-38(31-36)24-29-48(58-45)51-41-14-7-8-15-42(41)52(50-32(2)12-11-16-43(50)51)49-28-20-34-19-18-33(3)53(56-5)54(34)59-49/h6-9,11-16,18-31,47,55-57H,10,17H2,1-5H3/b39-6+. The van der Waals surface area contributed by atoms with Crippen molar-refractivity contribution in [3.05, 3.63) is 173 Å². The first-order valence-electron chi connectivity index (χ1n) is 20.7. The van der Waals surface area contributed by atoms with Gasteiger partial charge in [0.1, 0.15) is 0 Å². The second-order valence-electron chi connectivity index (χ2n) is 15.8. The van der Waals surface area contributed by atoms with Crippen LogP contribution in [0, 0.1) is 13.8 Å². The summed E-state index contributed by atoms with van der Waals surface area (Å²) in [5.74, 6) is 0. The molecule has 1 aliphatic carbocycles. The van der Waals surface area contributed by atoms with Gasteiger partial charge in [-0.15, -0.1) is 0 Å². The highest BCUT2D eigenvalue weighted by molar-refractivity contribution is 6.22. The molecule has 288 valence electrons. The van der Waals surface area contributed by atoms with Crippen LogP contribution in [0.1, 0.15) is 36.5 Å². The average molecular weight is 766 g/mol. The van der Waals surface area contributed by atoms with Crippen molar-refractivity contribution in [2.45, 2.75) is 39.7 Å². The Morgan fingerprint density at radius 2 is 1.44 bits per heavy atom. The summed E-state index contributed by atoms with van der Waals surface area (Å²) in [7, 11) is 4.00. The number of nitrogens with one attached hydrogen (secondary N) is 3. The van der Waals surface area contributed by atoms with Crippen LogP contribution in [0.4, 0.5) is 11.4 Å². The SMILES string of the molecule is C/C=C(\C1=C(NC)CCC=C1)C1C=Cc2cc(-c3ccc4nc(-c5c6ccccc6c(-c6ccc7ccc(C)c(NC)c7n6)c6c(C)cccc56)ccc4c3)ccc2N1. The van der Waals surface area contributed by atoms with Crippen LogP contribution in [-0.4, -0.2) is 30.1 Å². The van der Waals surface area contributed by atoms with Crippen LogP contribution in [0.15, 0.2) is 156 Å². The lowest BCUT2D eigenvalue weighted by Gasteiger charge is -2.28. The predicted molar refractivity (Wildman–Crippen MR) is 252 cm³/mol. The maximum absolute atomic E-state index is 5.38. The van der Waals surface area contributed by atoms with Crippen molar-refractivity contribution in [2.24, 2.45) is 0 Å². The van der Waals surface area contributed by atoms with E-state index in [1.54, 1.807) is 0 Å². The van der Waals surface area contributed by atoms with Gasteiger partial charge in [-0.05, 0) is 131 Å². The first-order chi connectivity index (χ1) is 28.9. The van der Waals surface area contributed by atoms with Crippen LogP contribution >= 0.6 is 0 Å². The number of aryl methyl sites for hydroxylation is 2. The molecule has 0 spiro atoms. The van der Waals surface area contributed by atoms with Gasteiger partial charge < -0.3 is 16.0 Å². The highest BCUT2D eigenvalue weighted by Crippen LogP contribution is 2.45. The molecule has 8 aromatic rings. The second-order valence-corrected chi connectivity index (χ2v) is 15.8. The van der Waals surface area contributed by atoms with Crippen molar-refractivity contribution in [3.8, 4) is 33.6 Å². The zero-order valence-electron chi connectivity index (χ0n) is 34.2. The maximum atomic E-state index is 5.38. The van der Waals surface area contributed by atoms with Gasteiger partial charge in [0.05, 0.1) is 34.2 Å². The molecule has 59 heavy (non-hydrogen) atoms. The minimum atomic E-state index is 0.112. The molecule has 5 heteroatoms. The Morgan fingerprint density at radius 3 is 2.25 bits per heavy atom. The Kier molecular flexibility index (Phi) is 9.09. The molecule has 5 nitrogen and oxygen atoms in total. The van der Waals surface area contributed by atoms with Crippen LogP contribution in [-0.2, 0) is 0 Å². The molecular weight excluding hydrogens is 719 g/mol. The number of pyridine rings is 2. The lowest BCUT2D eigenvalue weighted by Crippen LogP contribution is -2.25. The predicted octanol–water partition coefficient (Wildman–Crippen LogP) is 13.3. The van der Waals surface area contributed by atoms with Crippen molar-refractivity contribution in [1.82, 2.24) is 15.3 Å². The molecule has 1 atom stereocenters. The summed E-state index contributed by atoms with van der Waals surface area (Å²) < 4.78 is 0. The number of nitrogens with zero attached hydrogens (tertiary/aromatic N) is 2. The van der Waals surface area contributed by atoms with Gasteiger partial charge in [0.2, 0.25) is 0 Å². The number of anilines is 2. The maximum Gasteiger partial charge on any atom is 0.0943 e. The summed E-state index contributed by atoms with van der Waals surface area (Å²) in [6.45, 7) is 6.48. The Bertz CT molecular complexity index is 3150. The van der Waals surface area contributed by atoms with Gasteiger partial charge in [0, 0.05) is 47.4 Å². The highest BCUT2D eigenvalue weighted by atomic mass is 14.9. The molecular formula is C54H47N5. The molecule has 2 aliphatic rings. The molecule has 0 fully saturated rings. The van der Waals surface area contributed by atoms with Crippen molar-refractivity contribution in [3.63, 3.8) is 0 Å². The van der Waals surface area contributed by atoms with Crippen LogP contribution in [0.5, 0.6) is 0 Å². The number of aromatic nitrogens is 2. The van der Waals surface area contributed by atoms with E-state index in [0.29, 0.717) is 0 Å². The van der Waals surface area contributed by atoms with Crippen LogP contribution in [0.3, 0.4) is 0 Å². The van der Waals surface area contributed by atoms with Crippen molar-refractivity contribution >= 4 is 60.8 Å². The third-order valence-corrected chi connectivity index (χ3v) is 12.4. The third kappa shape index (κ3) is 6.16. The van der Waals surface area contributed by atoms with Gasteiger partial charge in [-0.25, -0.2) is 9.97 Å². The van der Waals surface area contributed by atoms with E-state index in [0.717, 1.165) is 73.9 Å². The van der Waals surface area contributed by atoms with Gasteiger partial charge in [-0.3, -0.25) is 0 Å². The number of allylic oxidation sites excluding steroid dienone is 4. The normalized spacial score (nSPS) is 15.3. The number of fused-ring (bicyclic) bond motifs is 5. The number of rotatable bonds is 7. The van der Waals surface area contributed by atoms with E-state index >= 15 is 0 Å². The fourth-order valence-corrected chi connectivity index (χ4v) is 9.44. The molecule has 0 saturated heterocycles. The molecule has 0 bridgehead atoms. The highest BCUT2D eigenvalue weighted by Gasteiger charge is 2.23. The topological polar surface area (TPSA) is 61.9 Å². The van der Waals surface area contributed by atoms with Gasteiger partial charge in [0.15, 0.2) is 0 Å². The van der Waals surface area contributed by atoms with E-state index < -0.39 is 0 Å². The number of hydrogen-bond donors (Lipinski definition) is 3. The molecule has 0 amide bonds. The van der Waals surface area contributed by atoms with Crippen LogP contribution in [0.25, 0.3) is 83.1 Å². The number of benzene rings is 6. The van der Waals surface area contributed by atoms with E-state index in [1.807, 2.05) is 14.1 Å². The molecule has 10 rings (SSSR count). The van der Waals surface area contributed by atoms with E-state index in [1.165, 1.54) is 60.8 Å². The Labute approximate surface area is 345 Å². The molecule has 1 aliphatic heterocycles. The van der Waals surface area contributed by atoms with Crippen molar-refractivity contribution in [2.75, 3.05) is 24.7 Å². The van der Waals surface area contributed by atoms with Gasteiger partial charge in [-0.1, -0.05) is 109 Å². The summed E-state index contributed by atoms with van der Waals surface area (Å²) in [4.78, 5) is 10.7. The zero-order valence-corrected chi connectivity index (χ0v) is 34.2. The molecule has 3 heterocycles. The second kappa shape index (κ2) is 14.8.